The van der Waals surface area contributed by atoms with Gasteiger partial charge in [-0.15, -0.1) is 0 Å². The first kappa shape index (κ1) is 21.3. The molecule has 8 nitrogen and oxygen atoms in total. The fourth-order valence-electron chi connectivity index (χ4n) is 2.84. The zero-order valence-corrected chi connectivity index (χ0v) is 18.0. The zero-order chi connectivity index (χ0) is 21.1. The molecule has 0 aliphatic heterocycles. The van der Waals surface area contributed by atoms with Gasteiger partial charge in [-0.05, 0) is 24.2 Å². The van der Waals surface area contributed by atoms with Gasteiger partial charge in [-0.3, -0.25) is 0 Å². The number of hydrogen-bond acceptors (Lipinski definition) is 8. The summed E-state index contributed by atoms with van der Waals surface area (Å²) in [5.41, 5.74) is 6.54. The molecule has 0 spiro atoms. The third-order valence-corrected chi connectivity index (χ3v) is 5.76. The molecule has 3 rings (SSSR count). The number of nitrogens with two attached hydrogens (primary N) is 1. The predicted molar refractivity (Wildman–Crippen MR) is 110 cm³/mol. The van der Waals surface area contributed by atoms with Crippen molar-refractivity contribution in [3.05, 3.63) is 17.2 Å². The molecule has 0 bridgehead atoms. The highest BCUT2D eigenvalue weighted by Crippen LogP contribution is 2.49. The lowest BCUT2D eigenvalue weighted by Crippen LogP contribution is -2.04. The van der Waals surface area contributed by atoms with E-state index in [4.69, 9.17) is 31.5 Å². The summed E-state index contributed by atoms with van der Waals surface area (Å²) in [6.45, 7) is 2.65. The van der Waals surface area contributed by atoms with E-state index >= 15 is 0 Å². The van der Waals surface area contributed by atoms with Crippen LogP contribution >= 0.6 is 23.4 Å². The summed E-state index contributed by atoms with van der Waals surface area (Å²) in [6, 6.07) is 1.73. The van der Waals surface area contributed by atoms with Crippen molar-refractivity contribution >= 4 is 40.3 Å². The fourth-order valence-corrected chi connectivity index (χ4v) is 4.14. The minimum Gasteiger partial charge on any atom is -0.493 e. The van der Waals surface area contributed by atoms with Crippen molar-refractivity contribution < 1.29 is 18.6 Å². The van der Waals surface area contributed by atoms with E-state index in [2.05, 4.69) is 21.9 Å². The minimum absolute atomic E-state index is 0.0133. The summed E-state index contributed by atoms with van der Waals surface area (Å²) in [5.74, 6) is 1.18. The number of hydrogen-bond donors (Lipinski definition) is 1. The fraction of sp³-hybridized carbons (Fsp3) is 0.389. The SMILES string of the molecule is CCCCn1c(Sc2cc(OC)c(OC)c(OC)c2Cl)nc2c(N)nc(F)nc21. The van der Waals surface area contributed by atoms with E-state index in [0.717, 1.165) is 12.8 Å². The maximum absolute atomic E-state index is 13.8. The number of nitrogens with zero attached hydrogens (tertiary/aromatic N) is 4. The van der Waals surface area contributed by atoms with Gasteiger partial charge in [-0.2, -0.15) is 14.4 Å². The summed E-state index contributed by atoms with van der Waals surface area (Å²) in [6.07, 6.45) is 0.903. The van der Waals surface area contributed by atoms with Crippen molar-refractivity contribution in [2.24, 2.45) is 0 Å². The average molecular weight is 442 g/mol. The highest BCUT2D eigenvalue weighted by Gasteiger charge is 2.23. The van der Waals surface area contributed by atoms with E-state index in [-0.39, 0.29) is 5.82 Å². The summed E-state index contributed by atoms with van der Waals surface area (Å²) in [4.78, 5) is 12.6. The molecule has 0 aliphatic rings. The van der Waals surface area contributed by atoms with Gasteiger partial charge in [-0.1, -0.05) is 24.9 Å². The van der Waals surface area contributed by atoms with Crippen LogP contribution in [0.25, 0.3) is 11.2 Å². The van der Waals surface area contributed by atoms with Crippen molar-refractivity contribution in [1.29, 1.82) is 0 Å². The van der Waals surface area contributed by atoms with Crippen LogP contribution in [0.3, 0.4) is 0 Å². The van der Waals surface area contributed by atoms with E-state index in [1.807, 2.05) is 4.57 Å². The second kappa shape index (κ2) is 8.91. The Hall–Kier alpha value is -2.46. The third kappa shape index (κ3) is 3.99. The molecule has 0 fully saturated rings. The first-order valence-electron chi connectivity index (χ1n) is 8.80. The average Bonchev–Trinajstić information content (AvgIpc) is 3.04. The number of nitrogen functional groups attached to an aromatic ring is 1. The topological polar surface area (TPSA) is 97.3 Å². The second-order valence-corrected chi connectivity index (χ2v) is 7.40. The zero-order valence-electron chi connectivity index (χ0n) is 16.5. The maximum Gasteiger partial charge on any atom is 0.312 e. The molecule has 2 heterocycles. The molecular weight excluding hydrogens is 421 g/mol. The molecule has 0 aliphatic carbocycles. The number of imidazole rings is 1. The lowest BCUT2D eigenvalue weighted by Gasteiger charge is -2.16. The number of halogens is 2. The molecule has 1 aromatic carbocycles. The van der Waals surface area contributed by atoms with E-state index in [9.17, 15) is 4.39 Å². The molecule has 2 aromatic heterocycles. The van der Waals surface area contributed by atoms with Gasteiger partial charge in [0.2, 0.25) is 5.75 Å². The standard InChI is InChI=1S/C18H21ClFN5O3S/c1-5-6-7-25-16-12(15(21)23-17(20)24-16)22-18(25)29-10-8-9(26-2)13(27-3)14(28-4)11(10)19/h8H,5-7H2,1-4H3,(H2,21,23,24). The molecule has 0 radical (unpaired) electrons. The highest BCUT2D eigenvalue weighted by atomic mass is 35.5. The first-order valence-corrected chi connectivity index (χ1v) is 10.00. The Balaban J connectivity index is 2.16. The summed E-state index contributed by atoms with van der Waals surface area (Å²) in [5, 5.41) is 0.894. The summed E-state index contributed by atoms with van der Waals surface area (Å²) >= 11 is 7.82. The Labute approximate surface area is 176 Å². The number of methoxy groups -OCH3 is 3. The smallest absolute Gasteiger partial charge is 0.312 e. The normalized spacial score (nSPS) is 11.1. The number of aromatic nitrogens is 4. The van der Waals surface area contributed by atoms with Crippen LogP contribution in [-0.4, -0.2) is 40.8 Å². The molecule has 2 N–H and O–H groups in total. The van der Waals surface area contributed by atoms with Crippen molar-refractivity contribution in [3.63, 3.8) is 0 Å². The van der Waals surface area contributed by atoms with Crippen molar-refractivity contribution in [2.75, 3.05) is 27.1 Å². The molecule has 11 heteroatoms. The summed E-state index contributed by atoms with van der Waals surface area (Å²) < 4.78 is 31.7. The monoisotopic (exact) mass is 441 g/mol. The first-order chi connectivity index (χ1) is 13.9. The maximum atomic E-state index is 13.8. The van der Waals surface area contributed by atoms with Crippen LogP contribution in [0.15, 0.2) is 16.1 Å². The number of ether oxygens (including phenoxy) is 3. The van der Waals surface area contributed by atoms with Gasteiger partial charge in [0.1, 0.15) is 5.02 Å². The quantitative estimate of drug-likeness (QED) is 0.520. The van der Waals surface area contributed by atoms with E-state index in [1.54, 1.807) is 6.07 Å². The molecule has 0 saturated carbocycles. The number of fused-ring (bicyclic) bond motifs is 1. The van der Waals surface area contributed by atoms with Crippen LogP contribution in [0.4, 0.5) is 10.2 Å². The number of aryl methyl sites for hydroxylation is 1. The van der Waals surface area contributed by atoms with Crippen molar-refractivity contribution in [1.82, 2.24) is 19.5 Å². The molecule has 29 heavy (non-hydrogen) atoms. The van der Waals surface area contributed by atoms with Gasteiger partial charge in [0, 0.05) is 11.4 Å². The van der Waals surface area contributed by atoms with Gasteiger partial charge in [0.05, 0.1) is 21.3 Å². The van der Waals surface area contributed by atoms with Gasteiger partial charge >= 0.3 is 6.08 Å². The third-order valence-electron chi connectivity index (χ3n) is 4.23. The van der Waals surface area contributed by atoms with Crippen LogP contribution in [0.5, 0.6) is 17.2 Å². The van der Waals surface area contributed by atoms with E-state index in [0.29, 0.717) is 50.0 Å². The van der Waals surface area contributed by atoms with E-state index in [1.165, 1.54) is 33.1 Å². The van der Waals surface area contributed by atoms with Gasteiger partial charge in [-0.25, -0.2) is 4.98 Å². The highest BCUT2D eigenvalue weighted by molar-refractivity contribution is 7.99. The Morgan fingerprint density at radius 3 is 2.48 bits per heavy atom. The van der Waals surface area contributed by atoms with Crippen LogP contribution < -0.4 is 19.9 Å². The van der Waals surface area contributed by atoms with Crippen LogP contribution in [-0.2, 0) is 6.54 Å². The predicted octanol–water partition coefficient (Wildman–Crippen LogP) is 4.18. The molecule has 0 atom stereocenters. The number of anilines is 1. The minimum atomic E-state index is -0.894. The molecular formula is C18H21ClFN5O3S. The van der Waals surface area contributed by atoms with E-state index < -0.39 is 6.08 Å². The van der Waals surface area contributed by atoms with Crippen molar-refractivity contribution in [2.45, 2.75) is 36.4 Å². The second-order valence-electron chi connectivity index (χ2n) is 6.01. The van der Waals surface area contributed by atoms with Crippen LogP contribution in [0.2, 0.25) is 5.02 Å². The Kier molecular flexibility index (Phi) is 6.53. The van der Waals surface area contributed by atoms with Crippen molar-refractivity contribution in [3.8, 4) is 17.2 Å². The molecule has 3 aromatic rings. The molecule has 156 valence electrons. The van der Waals surface area contributed by atoms with Gasteiger partial charge < -0.3 is 24.5 Å². The number of rotatable bonds is 8. The lowest BCUT2D eigenvalue weighted by molar-refractivity contribution is 0.323. The molecule has 0 amide bonds. The Morgan fingerprint density at radius 1 is 1.14 bits per heavy atom. The van der Waals surface area contributed by atoms with Crippen LogP contribution in [0.1, 0.15) is 19.8 Å². The largest absolute Gasteiger partial charge is 0.493 e. The summed E-state index contributed by atoms with van der Waals surface area (Å²) in [7, 11) is 4.52. The molecule has 0 unspecified atom stereocenters. The Bertz CT molecular complexity index is 1050. The number of unbranched alkanes of at least 4 members (excludes halogenated alkanes) is 1. The Morgan fingerprint density at radius 2 is 1.86 bits per heavy atom. The lowest BCUT2D eigenvalue weighted by atomic mass is 10.3. The van der Waals surface area contributed by atoms with Gasteiger partial charge in [0.25, 0.3) is 0 Å². The molecule has 0 saturated heterocycles. The number of benzene rings is 1. The van der Waals surface area contributed by atoms with Crippen LogP contribution in [0, 0.1) is 6.08 Å². The van der Waals surface area contributed by atoms with Gasteiger partial charge in [0.15, 0.2) is 33.6 Å².